The predicted octanol–water partition coefficient (Wildman–Crippen LogP) is 2.87. The lowest BCUT2D eigenvalue weighted by molar-refractivity contribution is 0.00626. The van der Waals surface area contributed by atoms with Crippen LogP contribution in [0.3, 0.4) is 0 Å². The predicted molar refractivity (Wildman–Crippen MR) is 124 cm³/mol. The first-order chi connectivity index (χ1) is 15.5. The summed E-state index contributed by atoms with van der Waals surface area (Å²) in [5, 5.41) is 0. The third-order valence-electron chi connectivity index (χ3n) is 7.24. The third-order valence-corrected chi connectivity index (χ3v) is 7.24. The van der Waals surface area contributed by atoms with E-state index in [1.807, 2.05) is 32.6 Å². The average molecular weight is 460 g/mol. The van der Waals surface area contributed by atoms with Gasteiger partial charge in [-0.15, -0.1) is 0 Å². The second-order valence-electron chi connectivity index (χ2n) is 10.7. The van der Waals surface area contributed by atoms with Crippen molar-refractivity contribution in [3.63, 3.8) is 0 Å². The molecule has 33 heavy (non-hydrogen) atoms. The quantitative estimate of drug-likeness (QED) is 0.638. The molecule has 9 nitrogen and oxygen atoms in total. The molecule has 3 aliphatic rings. The summed E-state index contributed by atoms with van der Waals surface area (Å²) in [4.78, 5) is 40.1. The van der Waals surface area contributed by atoms with Crippen LogP contribution in [0.2, 0.25) is 0 Å². The largest absolute Gasteiger partial charge is 0.464 e. The van der Waals surface area contributed by atoms with Crippen molar-refractivity contribution in [2.45, 2.75) is 71.1 Å². The molecule has 2 saturated heterocycles. The van der Waals surface area contributed by atoms with Gasteiger partial charge in [0.05, 0.1) is 19.0 Å². The Kier molecular flexibility index (Phi) is 6.28. The number of methoxy groups -OCH3 is 1. The van der Waals surface area contributed by atoms with Crippen molar-refractivity contribution < 1.29 is 19.1 Å². The van der Waals surface area contributed by atoms with Gasteiger partial charge in [-0.05, 0) is 52.9 Å². The number of piperidine rings is 1. The molecular formula is C24H37N5O4. The first-order valence-corrected chi connectivity index (χ1v) is 12.0. The van der Waals surface area contributed by atoms with E-state index < -0.39 is 11.6 Å². The highest BCUT2D eigenvalue weighted by atomic mass is 16.6. The summed E-state index contributed by atoms with van der Waals surface area (Å²) in [6.07, 6.45) is 4.42. The van der Waals surface area contributed by atoms with Crippen molar-refractivity contribution in [3.8, 4) is 0 Å². The molecule has 3 heterocycles. The number of aromatic nitrogens is 2. The molecule has 2 atom stereocenters. The molecule has 0 bridgehead atoms. The van der Waals surface area contributed by atoms with E-state index in [4.69, 9.17) is 9.47 Å². The van der Waals surface area contributed by atoms with Crippen LogP contribution in [-0.4, -0.2) is 88.8 Å². The summed E-state index contributed by atoms with van der Waals surface area (Å²) < 4.78 is 10.3. The lowest BCUT2D eigenvalue weighted by Gasteiger charge is -2.49. The summed E-state index contributed by atoms with van der Waals surface area (Å²) in [5.41, 5.74) is 0.670. The Balaban J connectivity index is 1.41. The van der Waals surface area contributed by atoms with Crippen LogP contribution < -0.4 is 4.90 Å². The number of hydrogen-bond donors (Lipinski definition) is 0. The van der Waals surface area contributed by atoms with Crippen LogP contribution in [0.1, 0.15) is 63.1 Å². The minimum absolute atomic E-state index is 0.145. The molecule has 1 spiro atoms. The first kappa shape index (κ1) is 23.7. The molecule has 2 unspecified atom stereocenters. The van der Waals surface area contributed by atoms with Crippen molar-refractivity contribution in [2.24, 2.45) is 5.92 Å². The molecular weight excluding hydrogens is 422 g/mol. The zero-order valence-corrected chi connectivity index (χ0v) is 20.8. The van der Waals surface area contributed by atoms with Gasteiger partial charge in [-0.25, -0.2) is 19.6 Å². The number of rotatable bonds is 3. The maximum atomic E-state index is 12.4. The van der Waals surface area contributed by atoms with Crippen molar-refractivity contribution >= 4 is 17.9 Å². The molecule has 0 aromatic carbocycles. The second kappa shape index (κ2) is 8.74. The Morgan fingerprint density at radius 1 is 1.15 bits per heavy atom. The van der Waals surface area contributed by atoms with Crippen LogP contribution in [0.5, 0.6) is 0 Å². The smallest absolute Gasteiger partial charge is 0.410 e. The van der Waals surface area contributed by atoms with Crippen LogP contribution in [0, 0.1) is 12.8 Å². The van der Waals surface area contributed by atoms with Gasteiger partial charge in [0.15, 0.2) is 5.69 Å². The molecule has 1 aliphatic carbocycles. The number of aryl methyl sites for hydroxylation is 1. The van der Waals surface area contributed by atoms with E-state index >= 15 is 0 Å². The zero-order valence-electron chi connectivity index (χ0n) is 20.8. The standard InChI is InChI=1S/C24H37N5O4/c1-16-13-24(16)15-28(20-17(2)26-19(14-25-20)21(30)32-6)11-12-29(24)18-7-9-27(10-8-18)22(31)33-23(3,4)5/h14,16,18H,7-13,15H2,1-6H3. The Morgan fingerprint density at radius 2 is 1.82 bits per heavy atom. The highest BCUT2D eigenvalue weighted by Gasteiger charge is 2.59. The number of piperazine rings is 1. The van der Waals surface area contributed by atoms with Crippen LogP contribution >= 0.6 is 0 Å². The van der Waals surface area contributed by atoms with Crippen LogP contribution in [-0.2, 0) is 9.47 Å². The minimum Gasteiger partial charge on any atom is -0.464 e. The van der Waals surface area contributed by atoms with Gasteiger partial charge in [0, 0.05) is 44.3 Å². The third kappa shape index (κ3) is 4.78. The molecule has 0 N–H and O–H groups in total. The van der Waals surface area contributed by atoms with E-state index in [0.717, 1.165) is 57.1 Å². The van der Waals surface area contributed by atoms with E-state index in [1.165, 1.54) is 19.7 Å². The van der Waals surface area contributed by atoms with Crippen LogP contribution in [0.25, 0.3) is 0 Å². The van der Waals surface area contributed by atoms with E-state index in [9.17, 15) is 9.59 Å². The van der Waals surface area contributed by atoms with E-state index in [-0.39, 0.29) is 17.3 Å². The maximum Gasteiger partial charge on any atom is 0.410 e. The Morgan fingerprint density at radius 3 is 2.36 bits per heavy atom. The fraction of sp³-hybridized carbons (Fsp3) is 0.750. The number of anilines is 1. The van der Waals surface area contributed by atoms with Crippen molar-refractivity contribution in [2.75, 3.05) is 44.7 Å². The zero-order chi connectivity index (χ0) is 24.0. The number of hydrogen-bond acceptors (Lipinski definition) is 8. The fourth-order valence-electron chi connectivity index (χ4n) is 5.45. The summed E-state index contributed by atoms with van der Waals surface area (Å²) >= 11 is 0. The van der Waals surface area contributed by atoms with Crippen molar-refractivity contribution in [1.29, 1.82) is 0 Å². The van der Waals surface area contributed by atoms with Gasteiger partial charge in [0.2, 0.25) is 0 Å². The number of carbonyl (C=O) groups excluding carboxylic acids is 2. The van der Waals surface area contributed by atoms with Gasteiger partial charge in [0.25, 0.3) is 0 Å². The van der Waals surface area contributed by atoms with Crippen LogP contribution in [0.4, 0.5) is 10.6 Å². The number of nitrogens with zero attached hydrogens (tertiary/aromatic N) is 5. The first-order valence-electron chi connectivity index (χ1n) is 12.0. The number of ether oxygens (including phenoxy) is 2. The molecule has 3 fully saturated rings. The fourth-order valence-corrected chi connectivity index (χ4v) is 5.45. The highest BCUT2D eigenvalue weighted by Crippen LogP contribution is 2.52. The van der Waals surface area contributed by atoms with Gasteiger partial charge in [-0.2, -0.15) is 0 Å². The Labute approximate surface area is 196 Å². The number of likely N-dealkylation sites (tertiary alicyclic amines) is 1. The lowest BCUT2D eigenvalue weighted by Crippen LogP contribution is -2.61. The molecule has 1 aromatic heterocycles. The lowest BCUT2D eigenvalue weighted by atomic mass is 9.97. The summed E-state index contributed by atoms with van der Waals surface area (Å²) in [6, 6.07) is 0.477. The number of carbonyl (C=O) groups is 2. The van der Waals surface area contributed by atoms with E-state index in [2.05, 4.69) is 26.7 Å². The molecule has 2 aliphatic heterocycles. The van der Waals surface area contributed by atoms with Gasteiger partial charge in [-0.3, -0.25) is 4.90 Å². The average Bonchev–Trinajstić information content (AvgIpc) is 3.40. The number of esters is 1. The molecule has 0 radical (unpaired) electrons. The van der Waals surface area contributed by atoms with Crippen LogP contribution in [0.15, 0.2) is 6.20 Å². The van der Waals surface area contributed by atoms with Gasteiger partial charge < -0.3 is 19.3 Å². The topological polar surface area (TPSA) is 88.1 Å². The Hall–Kier alpha value is -2.42. The molecule has 182 valence electrons. The molecule has 1 aromatic rings. The SMILES string of the molecule is COC(=O)c1cnc(N2CCN(C3CCN(C(=O)OC(C)(C)C)CC3)C3(CC3C)C2)c(C)n1. The summed E-state index contributed by atoms with van der Waals surface area (Å²) in [6.45, 7) is 14.2. The van der Waals surface area contributed by atoms with Gasteiger partial charge >= 0.3 is 12.1 Å². The number of amides is 1. The molecule has 1 amide bonds. The normalized spacial score (nSPS) is 26.4. The molecule has 9 heteroatoms. The maximum absolute atomic E-state index is 12.4. The van der Waals surface area contributed by atoms with Crippen molar-refractivity contribution in [3.05, 3.63) is 17.6 Å². The summed E-state index contributed by atoms with van der Waals surface area (Å²) in [5.74, 6) is 0.999. The van der Waals surface area contributed by atoms with Crippen molar-refractivity contribution in [1.82, 2.24) is 19.8 Å². The summed E-state index contributed by atoms with van der Waals surface area (Å²) in [7, 11) is 1.35. The van der Waals surface area contributed by atoms with E-state index in [0.29, 0.717) is 12.0 Å². The molecule has 4 rings (SSSR count). The van der Waals surface area contributed by atoms with Gasteiger partial charge in [0.1, 0.15) is 11.4 Å². The monoisotopic (exact) mass is 459 g/mol. The second-order valence-corrected chi connectivity index (χ2v) is 10.7. The van der Waals surface area contributed by atoms with E-state index in [1.54, 1.807) is 0 Å². The Bertz CT molecular complexity index is 909. The molecule has 1 saturated carbocycles. The highest BCUT2D eigenvalue weighted by molar-refractivity contribution is 5.87. The minimum atomic E-state index is -0.466. The van der Waals surface area contributed by atoms with Gasteiger partial charge in [-0.1, -0.05) is 6.92 Å².